The van der Waals surface area contributed by atoms with Crippen molar-refractivity contribution in [3.8, 4) is 0 Å². The van der Waals surface area contributed by atoms with Crippen molar-refractivity contribution in [2.45, 2.75) is 63.8 Å². The van der Waals surface area contributed by atoms with Gasteiger partial charge in [0.15, 0.2) is 5.65 Å². The van der Waals surface area contributed by atoms with Gasteiger partial charge in [0.05, 0.1) is 39.5 Å². The van der Waals surface area contributed by atoms with Crippen LogP contribution in [0.15, 0.2) is 48.4 Å². The SMILES string of the molecule is CC(C)(C)[S@@](=O)NC1c2ccccc2CC12CCN(c1ncc(C(=O)N3CCc4ncsc4C3)c3nccn13)CC2. The zero-order valence-corrected chi connectivity index (χ0v) is 25.3. The van der Waals surface area contributed by atoms with Crippen LogP contribution in [0.3, 0.4) is 0 Å². The highest BCUT2D eigenvalue weighted by molar-refractivity contribution is 7.84. The summed E-state index contributed by atoms with van der Waals surface area (Å²) in [5.41, 5.74) is 6.76. The molecule has 1 N–H and O–H groups in total. The molecule has 2 aliphatic heterocycles. The van der Waals surface area contributed by atoms with Gasteiger partial charge in [-0.3, -0.25) is 9.20 Å². The number of carbonyl (C=O) groups is 1. The summed E-state index contributed by atoms with van der Waals surface area (Å²) in [6.45, 7) is 8.93. The fourth-order valence-corrected chi connectivity index (χ4v) is 8.41. The number of nitrogens with one attached hydrogen (secondary N) is 1. The fourth-order valence-electron chi connectivity index (χ4n) is 6.63. The number of nitrogens with zero attached hydrogens (tertiary/aromatic N) is 6. The molecule has 0 saturated carbocycles. The van der Waals surface area contributed by atoms with Crippen molar-refractivity contribution >= 4 is 39.8 Å². The predicted octanol–water partition coefficient (Wildman–Crippen LogP) is 4.32. The number of amides is 1. The monoisotopic (exact) mass is 589 g/mol. The molecule has 3 aromatic heterocycles. The maximum Gasteiger partial charge on any atom is 0.259 e. The third-order valence-electron chi connectivity index (χ3n) is 8.95. The van der Waals surface area contributed by atoms with E-state index in [4.69, 9.17) is 4.98 Å². The standard InChI is InChI=1S/C30H35N7O2S2/c1-29(2,3)41(39)34-25-21-7-5-4-6-20(21)16-30(25)9-13-35(14-10-30)28-32-17-22(26-31-11-15-37(26)28)27(38)36-12-8-23-24(18-36)40-19-33-23/h4-7,11,15,17,19,25,34H,8-10,12-14,16,18H2,1-3H3/t25?,41-/m1/s1. The lowest BCUT2D eigenvalue weighted by atomic mass is 9.73. The van der Waals surface area contributed by atoms with Crippen molar-refractivity contribution in [2.75, 3.05) is 24.5 Å². The molecular formula is C30H35N7O2S2. The minimum Gasteiger partial charge on any atom is -0.342 e. The lowest BCUT2D eigenvalue weighted by Gasteiger charge is -2.44. The van der Waals surface area contributed by atoms with Gasteiger partial charge >= 0.3 is 0 Å². The summed E-state index contributed by atoms with van der Waals surface area (Å²) in [4.78, 5) is 32.8. The molecule has 1 aliphatic carbocycles. The van der Waals surface area contributed by atoms with Crippen molar-refractivity contribution in [2.24, 2.45) is 5.41 Å². The second kappa shape index (κ2) is 9.99. The first-order valence-electron chi connectivity index (χ1n) is 14.3. The van der Waals surface area contributed by atoms with Gasteiger partial charge in [-0.2, -0.15) is 0 Å². The highest BCUT2D eigenvalue weighted by Gasteiger charge is 2.49. The van der Waals surface area contributed by atoms with Gasteiger partial charge in [0.25, 0.3) is 5.91 Å². The molecule has 0 bridgehead atoms. The Morgan fingerprint density at radius 2 is 1.93 bits per heavy atom. The van der Waals surface area contributed by atoms with Gasteiger partial charge in [-0.05, 0) is 56.6 Å². The smallest absolute Gasteiger partial charge is 0.259 e. The Balaban J connectivity index is 1.13. The molecule has 214 valence electrons. The summed E-state index contributed by atoms with van der Waals surface area (Å²) < 4.78 is 18.4. The number of aromatic nitrogens is 4. The van der Waals surface area contributed by atoms with Crippen molar-refractivity contribution in [1.82, 2.24) is 29.0 Å². The lowest BCUT2D eigenvalue weighted by Crippen LogP contribution is -2.48. The van der Waals surface area contributed by atoms with Crippen LogP contribution < -0.4 is 9.62 Å². The number of rotatable bonds is 4. The molecule has 1 fully saturated rings. The number of thiazole rings is 1. The molecule has 1 saturated heterocycles. The van der Waals surface area contributed by atoms with Gasteiger partial charge in [-0.15, -0.1) is 11.3 Å². The largest absolute Gasteiger partial charge is 0.342 e. The normalized spacial score (nSPS) is 20.8. The van der Waals surface area contributed by atoms with Crippen LogP contribution in [0.4, 0.5) is 5.95 Å². The van der Waals surface area contributed by atoms with Crippen molar-refractivity contribution in [3.05, 3.63) is 75.6 Å². The van der Waals surface area contributed by atoms with Crippen LogP contribution >= 0.6 is 11.3 Å². The summed E-state index contributed by atoms with van der Waals surface area (Å²) in [5, 5.41) is 0. The molecule has 3 aliphatic rings. The average Bonchev–Trinajstić information content (AvgIpc) is 3.70. The van der Waals surface area contributed by atoms with Gasteiger partial charge in [0.2, 0.25) is 5.95 Å². The third-order valence-corrected chi connectivity index (χ3v) is 11.4. The number of carbonyl (C=O) groups excluding carboxylic acids is 1. The summed E-state index contributed by atoms with van der Waals surface area (Å²) in [6, 6.07) is 8.65. The number of piperidine rings is 1. The van der Waals surface area contributed by atoms with E-state index in [1.54, 1.807) is 23.7 Å². The van der Waals surface area contributed by atoms with Crippen LogP contribution in [-0.4, -0.2) is 58.7 Å². The Hall–Kier alpha value is -3.15. The van der Waals surface area contributed by atoms with E-state index in [-0.39, 0.29) is 22.1 Å². The zero-order valence-electron chi connectivity index (χ0n) is 23.7. The minimum atomic E-state index is -1.17. The molecule has 11 heteroatoms. The first kappa shape index (κ1) is 26.7. The predicted molar refractivity (Wildman–Crippen MR) is 161 cm³/mol. The summed E-state index contributed by atoms with van der Waals surface area (Å²) in [7, 11) is -1.17. The zero-order chi connectivity index (χ0) is 28.4. The van der Waals surface area contributed by atoms with Crippen molar-refractivity contribution in [1.29, 1.82) is 0 Å². The average molecular weight is 590 g/mol. The molecule has 1 amide bonds. The quantitative estimate of drug-likeness (QED) is 0.381. The van der Waals surface area contributed by atoms with Crippen LogP contribution in [0.1, 0.15) is 71.7 Å². The second-order valence-electron chi connectivity index (χ2n) is 12.4. The van der Waals surface area contributed by atoms with Crippen LogP contribution in [0.5, 0.6) is 0 Å². The molecule has 4 aromatic rings. The summed E-state index contributed by atoms with van der Waals surface area (Å²) in [5.74, 6) is 0.770. The molecule has 9 nitrogen and oxygen atoms in total. The molecule has 1 aromatic carbocycles. The fraction of sp³-hybridized carbons (Fsp3) is 0.467. The number of benzene rings is 1. The Labute approximate surface area is 246 Å². The molecule has 41 heavy (non-hydrogen) atoms. The molecule has 7 rings (SSSR count). The van der Waals surface area contributed by atoms with E-state index in [1.165, 1.54) is 11.1 Å². The van der Waals surface area contributed by atoms with E-state index >= 15 is 0 Å². The Morgan fingerprint density at radius 1 is 1.12 bits per heavy atom. The van der Waals surface area contributed by atoms with E-state index in [9.17, 15) is 9.00 Å². The van der Waals surface area contributed by atoms with Gasteiger partial charge in [-0.1, -0.05) is 24.3 Å². The van der Waals surface area contributed by atoms with Crippen LogP contribution in [0.25, 0.3) is 5.65 Å². The van der Waals surface area contributed by atoms with Crippen LogP contribution in [-0.2, 0) is 30.4 Å². The number of imidazole rings is 1. The van der Waals surface area contributed by atoms with Crippen molar-refractivity contribution in [3.63, 3.8) is 0 Å². The maximum absolute atomic E-state index is 13.6. The van der Waals surface area contributed by atoms with E-state index in [0.717, 1.165) is 55.3 Å². The summed E-state index contributed by atoms with van der Waals surface area (Å²) >= 11 is 1.61. The Morgan fingerprint density at radius 3 is 2.73 bits per heavy atom. The number of anilines is 1. The molecule has 2 atom stereocenters. The van der Waals surface area contributed by atoms with E-state index in [1.807, 2.05) is 41.8 Å². The highest BCUT2D eigenvalue weighted by atomic mass is 32.2. The van der Waals surface area contributed by atoms with Crippen molar-refractivity contribution < 1.29 is 9.00 Å². The minimum absolute atomic E-state index is 0.00514. The Bertz CT molecular complexity index is 1650. The summed E-state index contributed by atoms with van der Waals surface area (Å²) in [6.07, 6.45) is 9.01. The molecule has 1 unspecified atom stereocenters. The highest BCUT2D eigenvalue weighted by Crippen LogP contribution is 2.52. The molecule has 5 heterocycles. The first-order chi connectivity index (χ1) is 19.7. The number of fused-ring (bicyclic) bond motifs is 3. The molecule has 0 radical (unpaired) electrons. The molecular weight excluding hydrogens is 555 g/mol. The number of hydrogen-bond donors (Lipinski definition) is 1. The van der Waals surface area contributed by atoms with Crippen LogP contribution in [0.2, 0.25) is 0 Å². The van der Waals surface area contributed by atoms with Crippen LogP contribution in [0, 0.1) is 5.41 Å². The van der Waals surface area contributed by atoms with E-state index < -0.39 is 11.0 Å². The van der Waals surface area contributed by atoms with Gasteiger partial charge < -0.3 is 9.80 Å². The van der Waals surface area contributed by atoms with E-state index in [2.05, 4.69) is 43.9 Å². The Kier molecular flexibility index (Phi) is 6.51. The van der Waals surface area contributed by atoms with Gasteiger partial charge in [-0.25, -0.2) is 23.9 Å². The second-order valence-corrected chi connectivity index (χ2v) is 15.4. The maximum atomic E-state index is 13.6. The topological polar surface area (TPSA) is 95.7 Å². The first-order valence-corrected chi connectivity index (χ1v) is 16.3. The van der Waals surface area contributed by atoms with Gasteiger partial charge in [0.1, 0.15) is 5.56 Å². The third kappa shape index (κ3) is 4.58. The van der Waals surface area contributed by atoms with E-state index in [0.29, 0.717) is 24.3 Å². The lowest BCUT2D eigenvalue weighted by molar-refractivity contribution is 0.0737. The van der Waals surface area contributed by atoms with Gasteiger partial charge in [0, 0.05) is 49.5 Å². The molecule has 1 spiro atoms. The number of hydrogen-bond acceptors (Lipinski definition) is 7.